The highest BCUT2D eigenvalue weighted by atomic mass is 35.5. The van der Waals surface area contributed by atoms with Gasteiger partial charge < -0.3 is 11.1 Å². The molecule has 1 aromatic heterocycles. The average Bonchev–Trinajstić information content (AvgIpc) is 2.48. The Labute approximate surface area is 85.7 Å². The van der Waals surface area contributed by atoms with Crippen LogP contribution < -0.4 is 11.1 Å². The van der Waals surface area contributed by atoms with Gasteiger partial charge in [-0.15, -0.1) is 5.10 Å². The molecule has 0 radical (unpaired) electrons. The number of amides is 1. The number of anilines is 1. The molecule has 76 valence electrons. The Bertz CT molecular complexity index is 348. The van der Waals surface area contributed by atoms with Gasteiger partial charge in [0, 0.05) is 5.03 Å². The first-order chi connectivity index (χ1) is 6.58. The molecule has 14 heavy (non-hydrogen) atoms. The summed E-state index contributed by atoms with van der Waals surface area (Å²) in [6, 6.07) is 0. The van der Waals surface area contributed by atoms with Gasteiger partial charge in [-0.05, 0) is 0 Å². The van der Waals surface area contributed by atoms with Crippen LogP contribution in [0.3, 0.4) is 0 Å². The van der Waals surface area contributed by atoms with Crippen molar-refractivity contribution in [1.29, 1.82) is 0 Å². The van der Waals surface area contributed by atoms with Gasteiger partial charge in [0.25, 0.3) is 0 Å². The van der Waals surface area contributed by atoms with E-state index in [1.807, 2.05) is 0 Å². The highest BCUT2D eigenvalue weighted by Crippen LogP contribution is 1.93. The molecule has 3 N–H and O–H groups in total. The zero-order chi connectivity index (χ0) is 10.6. The predicted octanol–water partition coefficient (Wildman–Crippen LogP) is -0.271. The number of nitrogens with zero attached hydrogens (tertiary/aromatic N) is 3. The molecule has 0 aromatic carbocycles. The summed E-state index contributed by atoms with van der Waals surface area (Å²) in [7, 11) is 0. The maximum atomic E-state index is 11.2. The van der Waals surface area contributed by atoms with E-state index in [0.29, 0.717) is 5.03 Å². The van der Waals surface area contributed by atoms with E-state index >= 15 is 0 Å². The molecule has 0 saturated carbocycles. The molecule has 1 aromatic rings. The highest BCUT2D eigenvalue weighted by molar-refractivity contribution is 6.29. The third-order valence-electron chi connectivity index (χ3n) is 1.34. The van der Waals surface area contributed by atoms with Crippen molar-refractivity contribution in [3.05, 3.63) is 17.9 Å². The van der Waals surface area contributed by atoms with Gasteiger partial charge in [-0.2, -0.15) is 0 Å². The van der Waals surface area contributed by atoms with Crippen LogP contribution in [0, 0.1) is 0 Å². The topological polar surface area (TPSA) is 85.8 Å². The van der Waals surface area contributed by atoms with E-state index in [-0.39, 0.29) is 24.9 Å². The number of aromatic nitrogens is 3. The third-order valence-corrected chi connectivity index (χ3v) is 1.47. The molecule has 0 aliphatic carbocycles. The van der Waals surface area contributed by atoms with Crippen LogP contribution in [0.2, 0.25) is 0 Å². The normalized spacial score (nSPS) is 9.79. The fourth-order valence-electron chi connectivity index (χ4n) is 0.783. The predicted molar refractivity (Wildman–Crippen MR) is 52.4 cm³/mol. The van der Waals surface area contributed by atoms with Gasteiger partial charge >= 0.3 is 0 Å². The number of halogens is 1. The van der Waals surface area contributed by atoms with E-state index < -0.39 is 0 Å². The number of hydrogen-bond acceptors (Lipinski definition) is 4. The molecule has 0 aliphatic rings. The molecule has 0 fully saturated rings. The molecule has 1 amide bonds. The molecule has 0 atom stereocenters. The molecule has 0 aliphatic heterocycles. The fourth-order valence-corrected chi connectivity index (χ4v) is 0.850. The van der Waals surface area contributed by atoms with Crippen LogP contribution in [0.5, 0.6) is 0 Å². The van der Waals surface area contributed by atoms with Crippen LogP contribution >= 0.6 is 11.6 Å². The Hall–Kier alpha value is -1.56. The number of nitrogens with two attached hydrogens (primary N) is 1. The van der Waals surface area contributed by atoms with Gasteiger partial charge in [0.2, 0.25) is 11.9 Å². The summed E-state index contributed by atoms with van der Waals surface area (Å²) in [6.07, 6.45) is 1.38. The first kappa shape index (κ1) is 10.5. The summed E-state index contributed by atoms with van der Waals surface area (Å²) in [4.78, 5) is 14.9. The second-order valence-corrected chi connectivity index (χ2v) is 3.13. The van der Waals surface area contributed by atoms with E-state index in [1.165, 1.54) is 11.0 Å². The van der Waals surface area contributed by atoms with Crippen molar-refractivity contribution in [3.8, 4) is 0 Å². The minimum Gasteiger partial charge on any atom is -0.367 e. The lowest BCUT2D eigenvalue weighted by molar-refractivity contribution is -0.121. The summed E-state index contributed by atoms with van der Waals surface area (Å²) in [6.45, 7) is 3.74. The lowest BCUT2D eigenvalue weighted by Gasteiger charge is -2.02. The second-order valence-electron chi connectivity index (χ2n) is 2.59. The van der Waals surface area contributed by atoms with Crippen LogP contribution in [0.25, 0.3) is 0 Å². The van der Waals surface area contributed by atoms with Crippen LogP contribution in [0.15, 0.2) is 17.9 Å². The SMILES string of the molecule is C=C(Cl)CNC(=O)Cn1cnc(N)n1. The van der Waals surface area contributed by atoms with Crippen LogP contribution in [-0.4, -0.2) is 27.2 Å². The fraction of sp³-hybridized carbons (Fsp3) is 0.286. The largest absolute Gasteiger partial charge is 0.367 e. The Morgan fingerprint density at radius 1 is 1.79 bits per heavy atom. The van der Waals surface area contributed by atoms with Crippen molar-refractivity contribution in [1.82, 2.24) is 20.1 Å². The van der Waals surface area contributed by atoms with Crippen LogP contribution in [-0.2, 0) is 11.3 Å². The van der Waals surface area contributed by atoms with Gasteiger partial charge in [-0.1, -0.05) is 18.2 Å². The monoisotopic (exact) mass is 215 g/mol. The Morgan fingerprint density at radius 2 is 2.50 bits per heavy atom. The zero-order valence-corrected chi connectivity index (χ0v) is 8.16. The number of rotatable bonds is 4. The number of nitrogens with one attached hydrogen (secondary N) is 1. The molecule has 0 unspecified atom stereocenters. The summed E-state index contributed by atoms with van der Waals surface area (Å²) in [5.41, 5.74) is 5.27. The van der Waals surface area contributed by atoms with E-state index in [0.717, 1.165) is 0 Å². The van der Waals surface area contributed by atoms with Crippen molar-refractivity contribution in [2.75, 3.05) is 12.3 Å². The summed E-state index contributed by atoms with van der Waals surface area (Å²) in [5, 5.41) is 6.66. The number of carbonyl (C=O) groups is 1. The van der Waals surface area contributed by atoms with Crippen molar-refractivity contribution in [3.63, 3.8) is 0 Å². The Kier molecular flexibility index (Phi) is 3.47. The molecule has 1 rings (SSSR count). The van der Waals surface area contributed by atoms with E-state index in [9.17, 15) is 4.79 Å². The van der Waals surface area contributed by atoms with Gasteiger partial charge in [-0.25, -0.2) is 9.67 Å². The van der Waals surface area contributed by atoms with Gasteiger partial charge in [0.1, 0.15) is 12.9 Å². The summed E-state index contributed by atoms with van der Waals surface area (Å²) < 4.78 is 1.33. The highest BCUT2D eigenvalue weighted by Gasteiger charge is 2.03. The molecule has 6 nitrogen and oxygen atoms in total. The second kappa shape index (κ2) is 4.61. The maximum Gasteiger partial charge on any atom is 0.242 e. The van der Waals surface area contributed by atoms with Crippen molar-refractivity contribution in [2.45, 2.75) is 6.54 Å². The quantitative estimate of drug-likeness (QED) is 0.724. The zero-order valence-electron chi connectivity index (χ0n) is 7.40. The molecular weight excluding hydrogens is 206 g/mol. The number of hydrogen-bond donors (Lipinski definition) is 2. The molecular formula is C7H10ClN5O. The maximum absolute atomic E-state index is 11.2. The first-order valence-corrected chi connectivity index (χ1v) is 4.20. The van der Waals surface area contributed by atoms with Gasteiger partial charge in [0.15, 0.2) is 0 Å². The standard InChI is InChI=1S/C7H10ClN5O/c1-5(8)2-10-6(14)3-13-4-11-7(9)12-13/h4H,1-3H2,(H2,9,12)(H,10,14). The molecule has 0 saturated heterocycles. The lowest BCUT2D eigenvalue weighted by Crippen LogP contribution is -2.28. The first-order valence-electron chi connectivity index (χ1n) is 3.83. The lowest BCUT2D eigenvalue weighted by atomic mass is 10.5. The molecule has 1 heterocycles. The van der Waals surface area contributed by atoms with Crippen LogP contribution in [0.4, 0.5) is 5.95 Å². The van der Waals surface area contributed by atoms with E-state index in [2.05, 4.69) is 22.0 Å². The summed E-state index contributed by atoms with van der Waals surface area (Å²) >= 11 is 5.46. The van der Waals surface area contributed by atoms with E-state index in [4.69, 9.17) is 17.3 Å². The van der Waals surface area contributed by atoms with Gasteiger partial charge in [0.05, 0.1) is 6.54 Å². The Balaban J connectivity index is 2.37. The van der Waals surface area contributed by atoms with Crippen LogP contribution in [0.1, 0.15) is 0 Å². The van der Waals surface area contributed by atoms with Crippen molar-refractivity contribution >= 4 is 23.5 Å². The molecule has 7 heteroatoms. The number of carbonyl (C=O) groups excluding carboxylic acids is 1. The molecule has 0 bridgehead atoms. The molecule has 0 spiro atoms. The van der Waals surface area contributed by atoms with E-state index in [1.54, 1.807) is 0 Å². The van der Waals surface area contributed by atoms with Gasteiger partial charge in [-0.3, -0.25) is 4.79 Å². The third kappa shape index (κ3) is 3.44. The van der Waals surface area contributed by atoms with Crippen molar-refractivity contribution in [2.24, 2.45) is 0 Å². The number of nitrogen functional groups attached to an aromatic ring is 1. The minimum atomic E-state index is -0.225. The summed E-state index contributed by atoms with van der Waals surface area (Å²) in [5.74, 6) is -0.0868. The average molecular weight is 216 g/mol. The minimum absolute atomic E-state index is 0.0639. The Morgan fingerprint density at radius 3 is 3.00 bits per heavy atom. The smallest absolute Gasteiger partial charge is 0.242 e. The van der Waals surface area contributed by atoms with Crippen molar-refractivity contribution < 1.29 is 4.79 Å².